The molecule has 8 heteroatoms. The third kappa shape index (κ3) is 8.87. The van der Waals surface area contributed by atoms with Crippen LogP contribution in [0.1, 0.15) is 39.0 Å². The number of nitrogens with one attached hydrogen (secondary N) is 1. The lowest BCUT2D eigenvalue weighted by atomic mass is 10.2. The Morgan fingerprint density at radius 2 is 1.75 bits per heavy atom. The predicted octanol–water partition coefficient (Wildman–Crippen LogP) is 0.419. The molecule has 0 rings (SSSR count). The number of rotatable bonds is 11. The van der Waals surface area contributed by atoms with E-state index in [1.54, 1.807) is 6.92 Å². The lowest BCUT2D eigenvalue weighted by molar-refractivity contribution is -0.137. The van der Waals surface area contributed by atoms with Crippen LogP contribution in [-0.4, -0.2) is 55.6 Å². The SMILES string of the molecule is CCS(=O)(=O)N(C)CCCNC(=O)CCCCC(=O)O. The highest BCUT2D eigenvalue weighted by Gasteiger charge is 2.14. The summed E-state index contributed by atoms with van der Waals surface area (Å²) in [5.41, 5.74) is 0. The molecule has 0 spiro atoms. The molecule has 0 aliphatic carbocycles. The highest BCUT2D eigenvalue weighted by Crippen LogP contribution is 2.00. The van der Waals surface area contributed by atoms with Crippen molar-refractivity contribution in [3.8, 4) is 0 Å². The van der Waals surface area contributed by atoms with Crippen LogP contribution in [-0.2, 0) is 19.6 Å². The Morgan fingerprint density at radius 3 is 2.30 bits per heavy atom. The van der Waals surface area contributed by atoms with Crippen LogP contribution in [0.25, 0.3) is 0 Å². The second-order valence-electron chi connectivity index (χ2n) is 4.53. The molecule has 0 heterocycles. The maximum absolute atomic E-state index is 11.4. The summed E-state index contributed by atoms with van der Waals surface area (Å²) < 4.78 is 24.2. The lowest BCUT2D eigenvalue weighted by Crippen LogP contribution is -2.32. The Morgan fingerprint density at radius 1 is 1.15 bits per heavy atom. The van der Waals surface area contributed by atoms with Crippen LogP contribution in [0.4, 0.5) is 0 Å². The molecule has 0 radical (unpaired) electrons. The third-order valence-electron chi connectivity index (χ3n) is 2.86. The molecule has 0 unspecified atom stereocenters. The Balaban J connectivity index is 3.65. The summed E-state index contributed by atoms with van der Waals surface area (Å²) in [7, 11) is -1.64. The average molecular weight is 308 g/mol. The molecule has 0 saturated heterocycles. The van der Waals surface area contributed by atoms with Crippen molar-refractivity contribution in [1.82, 2.24) is 9.62 Å². The van der Waals surface area contributed by atoms with Gasteiger partial charge in [-0.15, -0.1) is 0 Å². The fourth-order valence-corrected chi connectivity index (χ4v) is 2.39. The van der Waals surface area contributed by atoms with Gasteiger partial charge in [-0.2, -0.15) is 0 Å². The van der Waals surface area contributed by atoms with Gasteiger partial charge in [-0.05, 0) is 26.2 Å². The van der Waals surface area contributed by atoms with E-state index in [0.29, 0.717) is 38.8 Å². The molecule has 0 fully saturated rings. The van der Waals surface area contributed by atoms with Crippen LogP contribution in [0.15, 0.2) is 0 Å². The van der Waals surface area contributed by atoms with Crippen LogP contribution in [0.2, 0.25) is 0 Å². The zero-order valence-electron chi connectivity index (χ0n) is 12.1. The summed E-state index contributed by atoms with van der Waals surface area (Å²) in [6, 6.07) is 0. The third-order valence-corrected chi connectivity index (χ3v) is 4.72. The number of aliphatic carboxylic acids is 1. The average Bonchev–Trinajstić information content (AvgIpc) is 2.39. The van der Waals surface area contributed by atoms with Crippen molar-refractivity contribution in [3.05, 3.63) is 0 Å². The summed E-state index contributed by atoms with van der Waals surface area (Å²) in [5.74, 6) is -0.915. The summed E-state index contributed by atoms with van der Waals surface area (Å²) in [6.45, 7) is 2.38. The van der Waals surface area contributed by atoms with Gasteiger partial charge < -0.3 is 10.4 Å². The molecule has 0 aromatic rings. The first-order valence-electron chi connectivity index (χ1n) is 6.72. The quantitative estimate of drug-likeness (QED) is 0.538. The van der Waals surface area contributed by atoms with Gasteiger partial charge in [0.25, 0.3) is 0 Å². The smallest absolute Gasteiger partial charge is 0.303 e. The number of hydrogen-bond donors (Lipinski definition) is 2. The van der Waals surface area contributed by atoms with Gasteiger partial charge in [-0.1, -0.05) is 0 Å². The number of carbonyl (C=O) groups is 2. The number of sulfonamides is 1. The fourth-order valence-electron chi connectivity index (χ4n) is 1.54. The minimum Gasteiger partial charge on any atom is -0.481 e. The minimum atomic E-state index is -3.16. The van der Waals surface area contributed by atoms with E-state index in [9.17, 15) is 18.0 Å². The highest BCUT2D eigenvalue weighted by molar-refractivity contribution is 7.89. The molecule has 0 bridgehead atoms. The second kappa shape index (κ2) is 9.71. The van der Waals surface area contributed by atoms with Gasteiger partial charge in [-0.25, -0.2) is 12.7 Å². The van der Waals surface area contributed by atoms with Crippen LogP contribution < -0.4 is 5.32 Å². The minimum absolute atomic E-state index is 0.0689. The molecular formula is C12H24N2O5S. The Labute approximate surface area is 120 Å². The first-order valence-corrected chi connectivity index (χ1v) is 8.33. The molecule has 20 heavy (non-hydrogen) atoms. The van der Waals surface area contributed by atoms with Crippen molar-refractivity contribution in [3.63, 3.8) is 0 Å². The molecule has 0 aromatic heterocycles. The number of hydrogen-bond acceptors (Lipinski definition) is 4. The maximum Gasteiger partial charge on any atom is 0.303 e. The van der Waals surface area contributed by atoms with Crippen molar-refractivity contribution in [2.24, 2.45) is 0 Å². The highest BCUT2D eigenvalue weighted by atomic mass is 32.2. The summed E-state index contributed by atoms with van der Waals surface area (Å²) in [4.78, 5) is 21.7. The summed E-state index contributed by atoms with van der Waals surface area (Å²) >= 11 is 0. The number of unbranched alkanes of at least 4 members (excludes halogenated alkanes) is 1. The van der Waals surface area contributed by atoms with Gasteiger partial charge in [0.1, 0.15) is 0 Å². The molecule has 0 aromatic carbocycles. The standard InChI is InChI=1S/C12H24N2O5S/c1-3-20(18,19)14(2)10-6-9-13-11(15)7-4-5-8-12(16)17/h3-10H2,1-2H3,(H,13,15)(H,16,17). The van der Waals surface area contributed by atoms with Gasteiger partial charge in [0.2, 0.25) is 15.9 Å². The monoisotopic (exact) mass is 308 g/mol. The predicted molar refractivity (Wildman–Crippen MR) is 75.8 cm³/mol. The maximum atomic E-state index is 11.4. The molecule has 0 aliphatic heterocycles. The topological polar surface area (TPSA) is 104 Å². The number of amides is 1. The van der Waals surface area contributed by atoms with Crippen molar-refractivity contribution in [2.75, 3.05) is 25.9 Å². The molecule has 2 N–H and O–H groups in total. The summed E-state index contributed by atoms with van der Waals surface area (Å²) in [6.07, 6.45) is 1.96. The molecule has 0 atom stereocenters. The number of carbonyl (C=O) groups excluding carboxylic acids is 1. The fraction of sp³-hybridized carbons (Fsp3) is 0.833. The van der Waals surface area contributed by atoms with Crippen molar-refractivity contribution >= 4 is 21.9 Å². The molecule has 118 valence electrons. The van der Waals surface area contributed by atoms with Gasteiger partial charge in [0.15, 0.2) is 0 Å². The molecule has 0 saturated carbocycles. The Hall–Kier alpha value is -1.15. The van der Waals surface area contributed by atoms with E-state index < -0.39 is 16.0 Å². The first kappa shape index (κ1) is 18.9. The van der Waals surface area contributed by atoms with Gasteiger partial charge in [-0.3, -0.25) is 9.59 Å². The van der Waals surface area contributed by atoms with Crippen LogP contribution in [0.3, 0.4) is 0 Å². The first-order chi connectivity index (χ1) is 9.29. The number of carboxylic acids is 1. The molecule has 0 aliphatic rings. The zero-order valence-corrected chi connectivity index (χ0v) is 12.9. The van der Waals surface area contributed by atoms with Crippen molar-refractivity contribution < 1.29 is 23.1 Å². The van der Waals surface area contributed by atoms with E-state index in [0.717, 1.165) is 0 Å². The van der Waals surface area contributed by atoms with E-state index in [-0.39, 0.29) is 18.1 Å². The van der Waals surface area contributed by atoms with Gasteiger partial charge in [0, 0.05) is 33.0 Å². The molecule has 1 amide bonds. The van der Waals surface area contributed by atoms with Crippen LogP contribution in [0.5, 0.6) is 0 Å². The van der Waals surface area contributed by atoms with E-state index in [2.05, 4.69) is 5.32 Å². The number of nitrogens with zero attached hydrogens (tertiary/aromatic N) is 1. The molecular weight excluding hydrogens is 284 g/mol. The Bertz CT molecular complexity index is 408. The normalized spacial score (nSPS) is 11.6. The Kier molecular flexibility index (Phi) is 9.15. The summed E-state index contributed by atoms with van der Waals surface area (Å²) in [5, 5.41) is 11.1. The van der Waals surface area contributed by atoms with Crippen molar-refractivity contribution in [2.45, 2.75) is 39.0 Å². The van der Waals surface area contributed by atoms with Gasteiger partial charge in [0.05, 0.1) is 5.75 Å². The zero-order chi connectivity index (χ0) is 15.6. The molecule has 7 nitrogen and oxygen atoms in total. The van der Waals surface area contributed by atoms with E-state index in [4.69, 9.17) is 5.11 Å². The number of carboxylic acid groups (broad SMARTS) is 1. The van der Waals surface area contributed by atoms with Gasteiger partial charge >= 0.3 is 5.97 Å². The van der Waals surface area contributed by atoms with Crippen molar-refractivity contribution in [1.29, 1.82) is 0 Å². The van der Waals surface area contributed by atoms with Crippen LogP contribution in [0, 0.1) is 0 Å². The largest absolute Gasteiger partial charge is 0.481 e. The second-order valence-corrected chi connectivity index (χ2v) is 6.89. The van der Waals surface area contributed by atoms with E-state index >= 15 is 0 Å². The van der Waals surface area contributed by atoms with E-state index in [1.165, 1.54) is 11.4 Å². The van der Waals surface area contributed by atoms with Crippen LogP contribution >= 0.6 is 0 Å². The van der Waals surface area contributed by atoms with E-state index in [1.807, 2.05) is 0 Å². The lowest BCUT2D eigenvalue weighted by Gasteiger charge is -2.15.